The highest BCUT2D eigenvalue weighted by atomic mass is 19.2. The molecule has 0 heterocycles. The predicted molar refractivity (Wildman–Crippen MR) is 48.4 cm³/mol. The van der Waals surface area contributed by atoms with Crippen LogP contribution in [0.15, 0.2) is 18.2 Å². The van der Waals surface area contributed by atoms with Gasteiger partial charge < -0.3 is 0 Å². The molecule has 0 fully saturated rings. The fourth-order valence-corrected chi connectivity index (χ4v) is 1.67. The average Bonchev–Trinajstić information content (AvgIpc) is 2.35. The summed E-state index contributed by atoms with van der Waals surface area (Å²) in [5.41, 5.74) is 1.07. The SMILES string of the molecule is CC1(C)C=Cc2c1ccc(F)c2F. The third-order valence-electron chi connectivity index (χ3n) is 2.49. The van der Waals surface area contributed by atoms with Crippen molar-refractivity contribution >= 4 is 6.08 Å². The van der Waals surface area contributed by atoms with Gasteiger partial charge in [0.05, 0.1) is 0 Å². The molecule has 0 N–H and O–H groups in total. The van der Waals surface area contributed by atoms with Gasteiger partial charge in [-0.05, 0) is 11.6 Å². The van der Waals surface area contributed by atoms with E-state index in [1.807, 2.05) is 19.9 Å². The van der Waals surface area contributed by atoms with E-state index in [-0.39, 0.29) is 5.41 Å². The van der Waals surface area contributed by atoms with E-state index in [4.69, 9.17) is 0 Å². The van der Waals surface area contributed by atoms with Gasteiger partial charge in [0, 0.05) is 11.0 Å². The number of rotatable bonds is 0. The molecule has 0 saturated heterocycles. The summed E-state index contributed by atoms with van der Waals surface area (Å²) in [5.74, 6) is -1.51. The summed E-state index contributed by atoms with van der Waals surface area (Å²) in [7, 11) is 0. The number of hydrogen-bond acceptors (Lipinski definition) is 0. The summed E-state index contributed by atoms with van der Waals surface area (Å²) in [5, 5.41) is 0. The van der Waals surface area contributed by atoms with Crippen LogP contribution in [-0.2, 0) is 5.41 Å². The van der Waals surface area contributed by atoms with E-state index in [2.05, 4.69) is 0 Å². The van der Waals surface area contributed by atoms with Gasteiger partial charge in [0.2, 0.25) is 0 Å². The molecule has 1 aliphatic rings. The van der Waals surface area contributed by atoms with Gasteiger partial charge in [-0.15, -0.1) is 0 Å². The molecule has 68 valence electrons. The molecule has 0 saturated carbocycles. The topological polar surface area (TPSA) is 0 Å². The number of halogens is 2. The van der Waals surface area contributed by atoms with Crippen LogP contribution in [0.25, 0.3) is 6.08 Å². The maximum absolute atomic E-state index is 13.2. The van der Waals surface area contributed by atoms with Crippen molar-refractivity contribution in [1.29, 1.82) is 0 Å². The minimum atomic E-state index is -0.777. The Balaban J connectivity index is 2.71. The quantitative estimate of drug-likeness (QED) is 0.574. The van der Waals surface area contributed by atoms with E-state index in [1.54, 1.807) is 12.1 Å². The Hall–Kier alpha value is -1.18. The van der Waals surface area contributed by atoms with Gasteiger partial charge in [-0.1, -0.05) is 32.1 Å². The van der Waals surface area contributed by atoms with Crippen molar-refractivity contribution in [2.24, 2.45) is 0 Å². The van der Waals surface area contributed by atoms with Crippen LogP contribution in [0.2, 0.25) is 0 Å². The molecular formula is C11H10F2. The minimum Gasteiger partial charge on any atom is -0.204 e. The first-order valence-corrected chi connectivity index (χ1v) is 4.20. The molecule has 2 heteroatoms. The molecule has 1 aromatic carbocycles. The van der Waals surface area contributed by atoms with Crippen LogP contribution in [0.1, 0.15) is 25.0 Å². The van der Waals surface area contributed by atoms with Crippen LogP contribution in [0.5, 0.6) is 0 Å². The van der Waals surface area contributed by atoms with Crippen LogP contribution in [-0.4, -0.2) is 0 Å². The molecule has 0 atom stereocenters. The van der Waals surface area contributed by atoms with Crippen LogP contribution in [0.3, 0.4) is 0 Å². The first-order chi connectivity index (χ1) is 6.02. The number of hydrogen-bond donors (Lipinski definition) is 0. The normalized spacial score (nSPS) is 17.5. The summed E-state index contributed by atoms with van der Waals surface area (Å²) in [6, 6.07) is 2.83. The van der Waals surface area contributed by atoms with E-state index < -0.39 is 11.6 Å². The summed E-state index contributed by atoms with van der Waals surface area (Å²) in [6.07, 6.45) is 3.54. The standard InChI is InChI=1S/C11H10F2/c1-11(2)6-5-7-8(11)3-4-9(12)10(7)13/h3-6H,1-2H3. The highest BCUT2D eigenvalue weighted by molar-refractivity contribution is 5.65. The van der Waals surface area contributed by atoms with Crippen molar-refractivity contribution < 1.29 is 8.78 Å². The van der Waals surface area contributed by atoms with Gasteiger partial charge in [-0.25, -0.2) is 8.78 Å². The smallest absolute Gasteiger partial charge is 0.166 e. The molecule has 1 aromatic rings. The van der Waals surface area contributed by atoms with Gasteiger partial charge in [-0.2, -0.15) is 0 Å². The largest absolute Gasteiger partial charge is 0.204 e. The monoisotopic (exact) mass is 180 g/mol. The van der Waals surface area contributed by atoms with Crippen LogP contribution in [0, 0.1) is 11.6 Å². The molecule has 0 unspecified atom stereocenters. The molecule has 13 heavy (non-hydrogen) atoms. The van der Waals surface area contributed by atoms with Gasteiger partial charge >= 0.3 is 0 Å². The van der Waals surface area contributed by atoms with E-state index in [9.17, 15) is 8.78 Å². The maximum Gasteiger partial charge on any atom is 0.166 e. The van der Waals surface area contributed by atoms with Gasteiger partial charge in [0.25, 0.3) is 0 Å². The lowest BCUT2D eigenvalue weighted by Crippen LogP contribution is -2.11. The first kappa shape index (κ1) is 8.42. The molecular weight excluding hydrogens is 170 g/mol. The van der Waals surface area contributed by atoms with Crippen molar-refractivity contribution in [3.63, 3.8) is 0 Å². The Kier molecular flexibility index (Phi) is 1.56. The number of allylic oxidation sites excluding steroid dienone is 1. The molecule has 0 aromatic heterocycles. The van der Waals surface area contributed by atoms with Crippen molar-refractivity contribution in [1.82, 2.24) is 0 Å². The molecule has 0 bridgehead atoms. The van der Waals surface area contributed by atoms with Crippen molar-refractivity contribution in [2.75, 3.05) is 0 Å². The number of benzene rings is 1. The first-order valence-electron chi connectivity index (χ1n) is 4.20. The highest BCUT2D eigenvalue weighted by Crippen LogP contribution is 2.36. The zero-order valence-corrected chi connectivity index (χ0v) is 7.57. The van der Waals surface area contributed by atoms with Crippen molar-refractivity contribution in [3.8, 4) is 0 Å². The Bertz CT molecular complexity index is 389. The van der Waals surface area contributed by atoms with E-state index in [0.29, 0.717) is 5.56 Å². The predicted octanol–water partition coefficient (Wildman–Crippen LogP) is 3.27. The van der Waals surface area contributed by atoms with Crippen molar-refractivity contribution in [3.05, 3.63) is 41.0 Å². The Labute approximate surface area is 75.9 Å². The minimum absolute atomic E-state index is 0.177. The summed E-state index contributed by atoms with van der Waals surface area (Å²) in [4.78, 5) is 0. The van der Waals surface area contributed by atoms with Gasteiger partial charge in [-0.3, -0.25) is 0 Å². The summed E-state index contributed by atoms with van der Waals surface area (Å²) < 4.78 is 26.0. The second-order valence-corrected chi connectivity index (χ2v) is 3.88. The second kappa shape index (κ2) is 2.41. The van der Waals surface area contributed by atoms with Gasteiger partial charge in [0.1, 0.15) is 0 Å². The Morgan fingerprint density at radius 2 is 1.85 bits per heavy atom. The summed E-state index contributed by atoms with van der Waals surface area (Å²) in [6.45, 7) is 3.96. The molecule has 0 spiro atoms. The van der Waals surface area contributed by atoms with E-state index in [1.165, 1.54) is 6.07 Å². The Morgan fingerprint density at radius 3 is 2.54 bits per heavy atom. The molecule has 1 aliphatic carbocycles. The average molecular weight is 180 g/mol. The Morgan fingerprint density at radius 1 is 1.15 bits per heavy atom. The second-order valence-electron chi connectivity index (χ2n) is 3.88. The lowest BCUT2D eigenvalue weighted by molar-refractivity contribution is 0.503. The number of fused-ring (bicyclic) bond motifs is 1. The molecule has 0 radical (unpaired) electrons. The fourth-order valence-electron chi connectivity index (χ4n) is 1.67. The maximum atomic E-state index is 13.2. The van der Waals surface area contributed by atoms with Crippen LogP contribution in [0.4, 0.5) is 8.78 Å². The summed E-state index contributed by atoms with van der Waals surface area (Å²) >= 11 is 0. The highest BCUT2D eigenvalue weighted by Gasteiger charge is 2.27. The molecule has 0 nitrogen and oxygen atoms in total. The van der Waals surface area contributed by atoms with Crippen LogP contribution >= 0.6 is 0 Å². The third-order valence-corrected chi connectivity index (χ3v) is 2.49. The molecule has 2 rings (SSSR count). The molecule has 0 aliphatic heterocycles. The van der Waals surface area contributed by atoms with E-state index in [0.717, 1.165) is 5.56 Å². The molecule has 0 amide bonds. The lowest BCUT2D eigenvalue weighted by atomic mass is 9.87. The van der Waals surface area contributed by atoms with E-state index >= 15 is 0 Å². The van der Waals surface area contributed by atoms with Crippen LogP contribution < -0.4 is 0 Å². The zero-order chi connectivity index (χ0) is 9.64. The van der Waals surface area contributed by atoms with Gasteiger partial charge in [0.15, 0.2) is 11.6 Å². The third kappa shape index (κ3) is 1.09. The van der Waals surface area contributed by atoms with Crippen molar-refractivity contribution in [2.45, 2.75) is 19.3 Å². The lowest BCUT2D eigenvalue weighted by Gasteiger charge is -2.17. The zero-order valence-electron chi connectivity index (χ0n) is 7.57. The fraction of sp³-hybridized carbons (Fsp3) is 0.273.